The van der Waals surface area contributed by atoms with Gasteiger partial charge in [0, 0.05) is 22.5 Å². The summed E-state index contributed by atoms with van der Waals surface area (Å²) in [6.45, 7) is 0. The van der Waals surface area contributed by atoms with Crippen molar-refractivity contribution in [3.63, 3.8) is 0 Å². The Morgan fingerprint density at radius 3 is 2.67 bits per heavy atom. The average molecular weight is 319 g/mol. The lowest BCUT2D eigenvalue weighted by Crippen LogP contribution is -2.23. The smallest absolute Gasteiger partial charge is 0.227 e. The van der Waals surface area contributed by atoms with Gasteiger partial charge in [-0.2, -0.15) is 0 Å². The number of halogens is 3. The minimum absolute atomic E-state index is 0.0260. The quantitative estimate of drug-likeness (QED) is 0.881. The van der Waals surface area contributed by atoms with Crippen LogP contribution in [0.25, 0.3) is 0 Å². The molecule has 0 spiro atoms. The predicted octanol–water partition coefficient (Wildman–Crippen LogP) is 2.79. The predicted molar refractivity (Wildman–Crippen MR) is 68.0 cm³/mol. The maximum absolute atomic E-state index is 13.5. The molecule has 1 aliphatic rings. The van der Waals surface area contributed by atoms with E-state index in [1.54, 1.807) is 0 Å². The number of nitrogens with two attached hydrogens (primary N) is 1. The van der Waals surface area contributed by atoms with E-state index >= 15 is 0 Å². The van der Waals surface area contributed by atoms with Gasteiger partial charge in [-0.1, -0.05) is 0 Å². The van der Waals surface area contributed by atoms with Gasteiger partial charge in [-0.3, -0.25) is 4.79 Å². The highest BCUT2D eigenvalue weighted by atomic mass is 79.9. The normalized spacial score (nSPS) is 23.1. The number of benzene rings is 1. The highest BCUT2D eigenvalue weighted by molar-refractivity contribution is 9.10. The second-order valence-corrected chi connectivity index (χ2v) is 5.36. The van der Waals surface area contributed by atoms with Gasteiger partial charge in [0.1, 0.15) is 5.82 Å². The number of rotatable bonds is 2. The van der Waals surface area contributed by atoms with Crippen molar-refractivity contribution in [2.45, 2.75) is 25.3 Å². The SMILES string of the molecule is NC1CCC(C(=O)Nc2c(F)cc(F)cc2Br)C1. The Hall–Kier alpha value is -1.01. The molecule has 1 aliphatic carbocycles. The average Bonchev–Trinajstić information content (AvgIpc) is 2.70. The summed E-state index contributed by atoms with van der Waals surface area (Å²) < 4.78 is 26.6. The largest absolute Gasteiger partial charge is 0.328 e. The fourth-order valence-electron chi connectivity index (χ4n) is 2.14. The molecule has 18 heavy (non-hydrogen) atoms. The van der Waals surface area contributed by atoms with Crippen LogP contribution in [-0.2, 0) is 4.79 Å². The first-order valence-corrected chi connectivity index (χ1v) is 6.47. The second kappa shape index (κ2) is 5.32. The fraction of sp³-hybridized carbons (Fsp3) is 0.417. The number of amides is 1. The molecule has 1 aromatic carbocycles. The molecule has 1 fully saturated rings. The Kier molecular flexibility index (Phi) is 3.97. The second-order valence-electron chi connectivity index (χ2n) is 4.50. The molecule has 0 saturated heterocycles. The van der Waals surface area contributed by atoms with Gasteiger partial charge in [-0.05, 0) is 41.3 Å². The summed E-state index contributed by atoms with van der Waals surface area (Å²) in [5, 5.41) is 2.49. The number of nitrogens with one attached hydrogen (secondary N) is 1. The molecule has 0 aliphatic heterocycles. The zero-order chi connectivity index (χ0) is 13.3. The maximum atomic E-state index is 13.5. The Bertz CT molecular complexity index is 458. The third kappa shape index (κ3) is 2.87. The molecule has 3 nitrogen and oxygen atoms in total. The molecule has 0 bridgehead atoms. The molecule has 0 heterocycles. The first-order chi connectivity index (χ1) is 8.47. The van der Waals surface area contributed by atoms with Crippen LogP contribution in [-0.4, -0.2) is 11.9 Å². The van der Waals surface area contributed by atoms with E-state index in [4.69, 9.17) is 5.73 Å². The van der Waals surface area contributed by atoms with E-state index in [-0.39, 0.29) is 28.0 Å². The van der Waals surface area contributed by atoms with Crippen LogP contribution in [0.4, 0.5) is 14.5 Å². The number of hydrogen-bond donors (Lipinski definition) is 2. The van der Waals surface area contributed by atoms with Gasteiger partial charge in [0.2, 0.25) is 5.91 Å². The molecule has 6 heteroatoms. The van der Waals surface area contributed by atoms with Crippen molar-refractivity contribution in [3.8, 4) is 0 Å². The highest BCUT2D eigenvalue weighted by Gasteiger charge is 2.28. The van der Waals surface area contributed by atoms with Crippen LogP contribution < -0.4 is 11.1 Å². The molecule has 1 saturated carbocycles. The van der Waals surface area contributed by atoms with Crippen molar-refractivity contribution >= 4 is 27.5 Å². The molecule has 2 atom stereocenters. The topological polar surface area (TPSA) is 55.1 Å². The Morgan fingerprint density at radius 1 is 1.39 bits per heavy atom. The third-order valence-electron chi connectivity index (χ3n) is 3.10. The summed E-state index contributed by atoms with van der Waals surface area (Å²) in [4.78, 5) is 11.9. The standard InChI is InChI=1S/C12H13BrF2N2O/c13-9-4-7(14)5-10(15)11(9)17-12(18)6-1-2-8(16)3-6/h4-6,8H,1-3,16H2,(H,17,18). The molecule has 0 radical (unpaired) electrons. The van der Waals surface area contributed by atoms with Crippen molar-refractivity contribution in [1.82, 2.24) is 0 Å². The van der Waals surface area contributed by atoms with Crippen molar-refractivity contribution < 1.29 is 13.6 Å². The Labute approximate surface area is 112 Å². The fourth-order valence-corrected chi connectivity index (χ4v) is 2.65. The molecule has 98 valence electrons. The number of carbonyl (C=O) groups excluding carboxylic acids is 1. The number of carbonyl (C=O) groups is 1. The van der Waals surface area contributed by atoms with E-state index in [0.29, 0.717) is 12.8 Å². The number of anilines is 1. The van der Waals surface area contributed by atoms with Crippen LogP contribution in [0.3, 0.4) is 0 Å². The van der Waals surface area contributed by atoms with E-state index in [1.165, 1.54) is 0 Å². The van der Waals surface area contributed by atoms with Gasteiger partial charge in [-0.25, -0.2) is 8.78 Å². The van der Waals surface area contributed by atoms with Gasteiger partial charge in [0.15, 0.2) is 5.82 Å². The summed E-state index contributed by atoms with van der Waals surface area (Å²) in [5.74, 6) is -1.96. The van der Waals surface area contributed by atoms with Crippen LogP contribution in [0.15, 0.2) is 16.6 Å². The monoisotopic (exact) mass is 318 g/mol. The van der Waals surface area contributed by atoms with Gasteiger partial charge >= 0.3 is 0 Å². The molecule has 0 aromatic heterocycles. The van der Waals surface area contributed by atoms with E-state index in [2.05, 4.69) is 21.2 Å². The van der Waals surface area contributed by atoms with Crippen LogP contribution in [0.1, 0.15) is 19.3 Å². The summed E-state index contributed by atoms with van der Waals surface area (Å²) in [6, 6.07) is 1.88. The first-order valence-electron chi connectivity index (χ1n) is 5.68. The van der Waals surface area contributed by atoms with Crippen LogP contribution >= 0.6 is 15.9 Å². The van der Waals surface area contributed by atoms with Crippen molar-refractivity contribution in [3.05, 3.63) is 28.2 Å². The minimum atomic E-state index is -0.794. The van der Waals surface area contributed by atoms with Gasteiger partial charge in [0.05, 0.1) is 5.69 Å². The Morgan fingerprint density at radius 2 is 2.11 bits per heavy atom. The van der Waals surface area contributed by atoms with Crippen molar-refractivity contribution in [2.75, 3.05) is 5.32 Å². The molecule has 1 aromatic rings. The van der Waals surface area contributed by atoms with Crippen molar-refractivity contribution in [1.29, 1.82) is 0 Å². The van der Waals surface area contributed by atoms with E-state index in [0.717, 1.165) is 18.6 Å². The zero-order valence-electron chi connectivity index (χ0n) is 9.55. The van der Waals surface area contributed by atoms with E-state index in [9.17, 15) is 13.6 Å². The zero-order valence-corrected chi connectivity index (χ0v) is 11.1. The van der Waals surface area contributed by atoms with Crippen LogP contribution in [0.5, 0.6) is 0 Å². The molecule has 2 unspecified atom stereocenters. The lowest BCUT2D eigenvalue weighted by Gasteiger charge is -2.12. The summed E-state index contributed by atoms with van der Waals surface area (Å²) in [7, 11) is 0. The molecular weight excluding hydrogens is 306 g/mol. The lowest BCUT2D eigenvalue weighted by molar-refractivity contribution is -0.119. The summed E-state index contributed by atoms with van der Waals surface area (Å²) in [6.07, 6.45) is 2.10. The van der Waals surface area contributed by atoms with E-state index < -0.39 is 11.6 Å². The third-order valence-corrected chi connectivity index (χ3v) is 3.72. The lowest BCUT2D eigenvalue weighted by atomic mass is 10.1. The minimum Gasteiger partial charge on any atom is -0.328 e. The van der Waals surface area contributed by atoms with Gasteiger partial charge in [0.25, 0.3) is 0 Å². The van der Waals surface area contributed by atoms with Gasteiger partial charge in [-0.15, -0.1) is 0 Å². The van der Waals surface area contributed by atoms with E-state index in [1.807, 2.05) is 0 Å². The molecular formula is C12H13BrF2N2O. The highest BCUT2D eigenvalue weighted by Crippen LogP contribution is 2.30. The van der Waals surface area contributed by atoms with Crippen LogP contribution in [0, 0.1) is 17.6 Å². The number of hydrogen-bond acceptors (Lipinski definition) is 2. The molecule has 2 rings (SSSR count). The first kappa shape index (κ1) is 13.4. The van der Waals surface area contributed by atoms with Crippen molar-refractivity contribution in [2.24, 2.45) is 11.7 Å². The Balaban J connectivity index is 2.12. The van der Waals surface area contributed by atoms with Gasteiger partial charge < -0.3 is 11.1 Å². The van der Waals surface area contributed by atoms with Crippen LogP contribution in [0.2, 0.25) is 0 Å². The molecule has 3 N–H and O–H groups in total. The molecule has 1 amide bonds. The summed E-state index contributed by atoms with van der Waals surface area (Å²) in [5.41, 5.74) is 5.70. The summed E-state index contributed by atoms with van der Waals surface area (Å²) >= 11 is 3.03. The maximum Gasteiger partial charge on any atom is 0.227 e.